The Morgan fingerprint density at radius 1 is 1.26 bits per heavy atom. The van der Waals surface area contributed by atoms with Gasteiger partial charge >= 0.3 is 5.97 Å². The fourth-order valence-corrected chi connectivity index (χ4v) is 2.81. The summed E-state index contributed by atoms with van der Waals surface area (Å²) in [5.74, 6) is 0.0899. The van der Waals surface area contributed by atoms with Crippen LogP contribution in [0.25, 0.3) is 5.69 Å². The first kappa shape index (κ1) is 19.1. The number of hydrogen-bond acceptors (Lipinski definition) is 4. The van der Waals surface area contributed by atoms with Crippen molar-refractivity contribution in [2.24, 2.45) is 5.92 Å². The predicted octanol–water partition coefficient (Wildman–Crippen LogP) is 3.53. The summed E-state index contributed by atoms with van der Waals surface area (Å²) >= 11 is 0. The van der Waals surface area contributed by atoms with E-state index in [9.17, 15) is 9.59 Å². The summed E-state index contributed by atoms with van der Waals surface area (Å²) in [4.78, 5) is 24.2. The van der Waals surface area contributed by atoms with Crippen LogP contribution in [0.1, 0.15) is 66.6 Å². The summed E-state index contributed by atoms with van der Waals surface area (Å²) in [6.07, 6.45) is 3.93. The molecule has 1 amide bonds. The van der Waals surface area contributed by atoms with Crippen molar-refractivity contribution in [2.75, 3.05) is 6.61 Å². The first-order chi connectivity index (χ1) is 13.0. The van der Waals surface area contributed by atoms with Gasteiger partial charge in [-0.15, -0.1) is 0 Å². The molecule has 2 aromatic rings. The van der Waals surface area contributed by atoms with Gasteiger partial charge in [0.15, 0.2) is 5.69 Å². The molecule has 1 saturated carbocycles. The average molecular weight is 369 g/mol. The summed E-state index contributed by atoms with van der Waals surface area (Å²) in [6, 6.07) is 9.45. The number of carbonyl (C=O) groups excluding carboxylic acids is 2. The second kappa shape index (κ2) is 8.37. The Morgan fingerprint density at radius 3 is 2.56 bits per heavy atom. The fourth-order valence-electron chi connectivity index (χ4n) is 2.81. The third-order valence-corrected chi connectivity index (χ3v) is 4.53. The van der Waals surface area contributed by atoms with Crippen molar-refractivity contribution in [1.82, 2.24) is 15.1 Å². The molecule has 0 saturated heterocycles. The third-order valence-electron chi connectivity index (χ3n) is 4.53. The molecular weight excluding hydrogens is 342 g/mol. The summed E-state index contributed by atoms with van der Waals surface area (Å²) in [5.41, 5.74) is 2.73. The molecule has 6 heteroatoms. The van der Waals surface area contributed by atoms with Gasteiger partial charge in [-0.1, -0.05) is 13.8 Å². The van der Waals surface area contributed by atoms with Crippen molar-refractivity contribution in [1.29, 1.82) is 0 Å². The molecule has 144 valence electrons. The molecule has 0 bridgehead atoms. The topological polar surface area (TPSA) is 73.2 Å². The van der Waals surface area contributed by atoms with Crippen LogP contribution in [-0.4, -0.2) is 34.3 Å². The van der Waals surface area contributed by atoms with E-state index in [-0.39, 0.29) is 5.91 Å². The van der Waals surface area contributed by atoms with Crippen LogP contribution in [0.2, 0.25) is 0 Å². The van der Waals surface area contributed by atoms with E-state index in [4.69, 9.17) is 4.74 Å². The summed E-state index contributed by atoms with van der Waals surface area (Å²) in [5, 5.41) is 7.44. The first-order valence-corrected chi connectivity index (χ1v) is 9.65. The number of ether oxygens (including phenoxy) is 1. The van der Waals surface area contributed by atoms with Crippen LogP contribution in [0.5, 0.6) is 0 Å². The molecule has 1 aromatic heterocycles. The lowest BCUT2D eigenvalue weighted by Crippen LogP contribution is -2.25. The van der Waals surface area contributed by atoms with Crippen LogP contribution in [0.15, 0.2) is 30.3 Å². The molecule has 1 aliphatic rings. The molecule has 3 rings (SSSR count). The van der Waals surface area contributed by atoms with Crippen LogP contribution in [0.4, 0.5) is 0 Å². The lowest BCUT2D eigenvalue weighted by Gasteiger charge is -2.10. The lowest BCUT2D eigenvalue weighted by atomic mass is 10.1. The van der Waals surface area contributed by atoms with Gasteiger partial charge in [0.2, 0.25) is 0 Å². The van der Waals surface area contributed by atoms with Gasteiger partial charge in [0, 0.05) is 17.3 Å². The van der Waals surface area contributed by atoms with Crippen LogP contribution < -0.4 is 5.32 Å². The maximum atomic E-state index is 12.2. The van der Waals surface area contributed by atoms with Crippen LogP contribution in [-0.2, 0) is 11.2 Å². The van der Waals surface area contributed by atoms with Crippen LogP contribution in [0, 0.1) is 5.92 Å². The molecule has 1 aromatic carbocycles. The van der Waals surface area contributed by atoms with E-state index < -0.39 is 5.97 Å². The largest absolute Gasteiger partial charge is 0.461 e. The molecule has 1 fully saturated rings. The molecule has 1 heterocycles. The molecule has 27 heavy (non-hydrogen) atoms. The number of nitrogens with one attached hydrogen (secondary N) is 1. The summed E-state index contributed by atoms with van der Waals surface area (Å²) < 4.78 is 6.86. The van der Waals surface area contributed by atoms with Crippen molar-refractivity contribution in [3.8, 4) is 5.69 Å². The highest BCUT2D eigenvalue weighted by atomic mass is 16.5. The minimum atomic E-state index is -0.414. The lowest BCUT2D eigenvalue weighted by molar-refractivity contribution is 0.0518. The molecular formula is C21H27N3O3. The van der Waals surface area contributed by atoms with E-state index >= 15 is 0 Å². The molecule has 0 spiro atoms. The van der Waals surface area contributed by atoms with Gasteiger partial charge in [-0.2, -0.15) is 5.10 Å². The minimum absolute atomic E-state index is 0.0447. The van der Waals surface area contributed by atoms with E-state index in [1.807, 2.05) is 12.1 Å². The van der Waals surface area contributed by atoms with E-state index in [2.05, 4.69) is 24.3 Å². The van der Waals surface area contributed by atoms with Crippen molar-refractivity contribution in [3.05, 3.63) is 47.3 Å². The van der Waals surface area contributed by atoms with Gasteiger partial charge in [0.25, 0.3) is 5.91 Å². The Balaban J connectivity index is 1.83. The van der Waals surface area contributed by atoms with Crippen LogP contribution >= 0.6 is 0 Å². The summed E-state index contributed by atoms with van der Waals surface area (Å²) in [7, 11) is 0. The molecule has 1 aliphatic carbocycles. The van der Waals surface area contributed by atoms with Gasteiger partial charge in [-0.25, -0.2) is 9.48 Å². The standard InChI is InChI=1S/C21H27N3O3/c1-4-27-21(26)19-13-18(10-5-14(2)3)24(23-19)17-11-6-15(7-12-17)20(25)22-16-8-9-16/h6-7,11-14,16H,4-5,8-10H2,1-3H3,(H,22,25). The number of rotatable bonds is 8. The Bertz CT molecular complexity index is 805. The number of carbonyl (C=O) groups is 2. The number of esters is 1. The highest BCUT2D eigenvalue weighted by Crippen LogP contribution is 2.20. The maximum absolute atomic E-state index is 12.2. The number of hydrogen-bond donors (Lipinski definition) is 1. The molecule has 1 N–H and O–H groups in total. The fraction of sp³-hybridized carbons (Fsp3) is 0.476. The van der Waals surface area contributed by atoms with Crippen molar-refractivity contribution in [3.63, 3.8) is 0 Å². The van der Waals surface area contributed by atoms with Gasteiger partial charge < -0.3 is 10.1 Å². The molecule has 0 aliphatic heterocycles. The number of nitrogens with zero attached hydrogens (tertiary/aromatic N) is 2. The number of benzene rings is 1. The average Bonchev–Trinajstić information content (AvgIpc) is 3.35. The monoisotopic (exact) mass is 369 g/mol. The first-order valence-electron chi connectivity index (χ1n) is 9.65. The minimum Gasteiger partial charge on any atom is -0.461 e. The SMILES string of the molecule is CCOC(=O)c1cc(CCC(C)C)n(-c2ccc(C(=O)NC3CC3)cc2)n1. The molecule has 6 nitrogen and oxygen atoms in total. The Kier molecular flexibility index (Phi) is 5.94. The second-order valence-electron chi connectivity index (χ2n) is 7.38. The van der Waals surface area contributed by atoms with E-state index in [1.54, 1.807) is 29.8 Å². The Morgan fingerprint density at radius 2 is 1.96 bits per heavy atom. The van der Waals surface area contributed by atoms with Gasteiger partial charge in [-0.3, -0.25) is 4.79 Å². The van der Waals surface area contributed by atoms with E-state index in [0.717, 1.165) is 37.1 Å². The Hall–Kier alpha value is -2.63. The van der Waals surface area contributed by atoms with Gasteiger partial charge in [0.05, 0.1) is 12.3 Å². The van der Waals surface area contributed by atoms with Crippen LogP contribution in [0.3, 0.4) is 0 Å². The quantitative estimate of drug-likeness (QED) is 0.723. The highest BCUT2D eigenvalue weighted by molar-refractivity contribution is 5.94. The summed E-state index contributed by atoms with van der Waals surface area (Å²) in [6.45, 7) is 6.43. The number of aryl methyl sites for hydroxylation is 1. The van der Waals surface area contributed by atoms with Crippen molar-refractivity contribution < 1.29 is 14.3 Å². The second-order valence-corrected chi connectivity index (χ2v) is 7.38. The zero-order chi connectivity index (χ0) is 19.4. The molecule has 0 radical (unpaired) electrons. The van der Waals surface area contributed by atoms with E-state index in [0.29, 0.717) is 29.8 Å². The predicted molar refractivity (Wildman–Crippen MR) is 103 cm³/mol. The Labute approximate surface area is 159 Å². The van der Waals surface area contributed by atoms with Gasteiger partial charge in [-0.05, 0) is 68.9 Å². The third kappa shape index (κ3) is 4.96. The van der Waals surface area contributed by atoms with Crippen molar-refractivity contribution >= 4 is 11.9 Å². The zero-order valence-corrected chi connectivity index (χ0v) is 16.2. The maximum Gasteiger partial charge on any atom is 0.358 e. The highest BCUT2D eigenvalue weighted by Gasteiger charge is 2.24. The number of aromatic nitrogens is 2. The number of amides is 1. The smallest absolute Gasteiger partial charge is 0.358 e. The van der Waals surface area contributed by atoms with Gasteiger partial charge in [0.1, 0.15) is 0 Å². The van der Waals surface area contributed by atoms with E-state index in [1.165, 1.54) is 0 Å². The van der Waals surface area contributed by atoms with Crippen molar-refractivity contribution in [2.45, 2.75) is 52.5 Å². The normalized spacial score (nSPS) is 13.6. The molecule has 0 atom stereocenters. The molecule has 0 unspecified atom stereocenters. The zero-order valence-electron chi connectivity index (χ0n) is 16.2.